The summed E-state index contributed by atoms with van der Waals surface area (Å²) in [6, 6.07) is 9.76. The summed E-state index contributed by atoms with van der Waals surface area (Å²) in [7, 11) is 0. The highest BCUT2D eigenvalue weighted by Gasteiger charge is 2.27. The SMILES string of the molecule is Cc1cccc(C(NC(=O)C(C)Oc2ccccc2F)C(=O)O)c1C. The van der Waals surface area contributed by atoms with Gasteiger partial charge in [0.1, 0.15) is 0 Å². The Morgan fingerprint density at radius 1 is 1.12 bits per heavy atom. The summed E-state index contributed by atoms with van der Waals surface area (Å²) < 4.78 is 18.9. The average molecular weight is 345 g/mol. The Morgan fingerprint density at radius 3 is 2.44 bits per heavy atom. The highest BCUT2D eigenvalue weighted by Crippen LogP contribution is 2.22. The molecule has 5 nitrogen and oxygen atoms in total. The zero-order chi connectivity index (χ0) is 18.6. The Morgan fingerprint density at radius 2 is 1.80 bits per heavy atom. The van der Waals surface area contributed by atoms with Gasteiger partial charge in [-0.3, -0.25) is 4.79 Å². The standard InChI is InChI=1S/C19H20FNO4/c1-11-7-6-8-14(12(11)2)17(19(23)24)21-18(22)13(3)25-16-10-5-4-9-15(16)20/h4-10,13,17H,1-3H3,(H,21,22)(H,23,24). The van der Waals surface area contributed by atoms with Gasteiger partial charge in [0.15, 0.2) is 23.7 Å². The van der Waals surface area contributed by atoms with Crippen molar-refractivity contribution in [1.29, 1.82) is 0 Å². The van der Waals surface area contributed by atoms with Gasteiger partial charge in [0.25, 0.3) is 5.91 Å². The summed E-state index contributed by atoms with van der Waals surface area (Å²) in [5.74, 6) is -2.48. The molecule has 25 heavy (non-hydrogen) atoms. The average Bonchev–Trinajstić information content (AvgIpc) is 2.57. The van der Waals surface area contributed by atoms with Crippen LogP contribution < -0.4 is 10.1 Å². The van der Waals surface area contributed by atoms with Crippen LogP contribution in [0.5, 0.6) is 5.75 Å². The fourth-order valence-electron chi connectivity index (χ4n) is 2.40. The van der Waals surface area contributed by atoms with Crippen LogP contribution in [-0.4, -0.2) is 23.1 Å². The first-order chi connectivity index (χ1) is 11.8. The Bertz CT molecular complexity index is 791. The van der Waals surface area contributed by atoms with Gasteiger partial charge >= 0.3 is 5.97 Å². The molecule has 0 spiro atoms. The van der Waals surface area contributed by atoms with E-state index in [1.165, 1.54) is 25.1 Å². The third-order valence-corrected chi connectivity index (χ3v) is 4.00. The molecule has 0 heterocycles. The van der Waals surface area contributed by atoms with E-state index in [0.29, 0.717) is 5.56 Å². The normalized spacial score (nSPS) is 13.0. The molecule has 0 aromatic heterocycles. The molecule has 2 unspecified atom stereocenters. The van der Waals surface area contributed by atoms with Crippen molar-refractivity contribution >= 4 is 11.9 Å². The first-order valence-electron chi connectivity index (χ1n) is 7.81. The summed E-state index contributed by atoms with van der Waals surface area (Å²) in [6.07, 6.45) is -1.05. The van der Waals surface area contributed by atoms with Gasteiger partial charge in [0, 0.05) is 0 Å². The lowest BCUT2D eigenvalue weighted by atomic mass is 9.97. The third-order valence-electron chi connectivity index (χ3n) is 4.00. The van der Waals surface area contributed by atoms with E-state index in [0.717, 1.165) is 11.1 Å². The molecule has 2 aromatic carbocycles. The van der Waals surface area contributed by atoms with Crippen molar-refractivity contribution in [3.05, 3.63) is 65.0 Å². The highest BCUT2D eigenvalue weighted by molar-refractivity contribution is 5.87. The van der Waals surface area contributed by atoms with Gasteiger partial charge in [-0.15, -0.1) is 0 Å². The maximum Gasteiger partial charge on any atom is 0.330 e. The molecule has 0 fully saturated rings. The summed E-state index contributed by atoms with van der Waals surface area (Å²) >= 11 is 0. The van der Waals surface area contributed by atoms with E-state index in [4.69, 9.17) is 4.74 Å². The number of benzene rings is 2. The van der Waals surface area contributed by atoms with Crippen molar-refractivity contribution in [3.8, 4) is 5.75 Å². The molecule has 0 aliphatic heterocycles. The van der Waals surface area contributed by atoms with Crippen molar-refractivity contribution in [2.75, 3.05) is 0 Å². The fourth-order valence-corrected chi connectivity index (χ4v) is 2.40. The molecule has 6 heteroatoms. The number of para-hydroxylation sites is 1. The maximum absolute atomic E-state index is 13.6. The number of halogens is 1. The number of carboxylic acid groups (broad SMARTS) is 1. The minimum absolute atomic E-state index is 0.0660. The van der Waals surface area contributed by atoms with Crippen LogP contribution in [0, 0.1) is 19.7 Å². The minimum Gasteiger partial charge on any atom is -0.479 e. The van der Waals surface area contributed by atoms with Crippen LogP contribution in [0.25, 0.3) is 0 Å². The molecular formula is C19H20FNO4. The molecule has 2 rings (SSSR count). The summed E-state index contributed by atoms with van der Waals surface area (Å²) in [5.41, 5.74) is 2.21. The summed E-state index contributed by atoms with van der Waals surface area (Å²) in [4.78, 5) is 23.9. The van der Waals surface area contributed by atoms with Gasteiger partial charge < -0.3 is 15.2 Å². The summed E-state index contributed by atoms with van der Waals surface area (Å²) in [6.45, 7) is 5.10. The molecule has 0 saturated carbocycles. The van der Waals surface area contributed by atoms with Gasteiger partial charge in [0.05, 0.1) is 0 Å². The second-order valence-electron chi connectivity index (χ2n) is 5.76. The van der Waals surface area contributed by atoms with Crippen molar-refractivity contribution in [2.45, 2.75) is 32.9 Å². The van der Waals surface area contributed by atoms with Gasteiger partial charge in [0.2, 0.25) is 0 Å². The number of amides is 1. The van der Waals surface area contributed by atoms with E-state index < -0.39 is 29.8 Å². The van der Waals surface area contributed by atoms with Crippen LogP contribution in [0.15, 0.2) is 42.5 Å². The number of hydrogen-bond acceptors (Lipinski definition) is 3. The van der Waals surface area contributed by atoms with Crippen molar-refractivity contribution in [1.82, 2.24) is 5.32 Å². The van der Waals surface area contributed by atoms with E-state index in [1.807, 2.05) is 13.0 Å². The van der Waals surface area contributed by atoms with Crippen molar-refractivity contribution in [2.24, 2.45) is 0 Å². The third kappa shape index (κ3) is 4.35. The fraction of sp³-hybridized carbons (Fsp3) is 0.263. The van der Waals surface area contributed by atoms with Crippen molar-refractivity contribution in [3.63, 3.8) is 0 Å². The van der Waals surface area contributed by atoms with Crippen LogP contribution in [-0.2, 0) is 9.59 Å². The number of aliphatic carboxylic acids is 1. The van der Waals surface area contributed by atoms with Gasteiger partial charge in [-0.2, -0.15) is 0 Å². The molecule has 0 bridgehead atoms. The first kappa shape index (κ1) is 18.4. The van der Waals surface area contributed by atoms with Gasteiger partial charge in [-0.25, -0.2) is 9.18 Å². The molecule has 2 N–H and O–H groups in total. The lowest BCUT2D eigenvalue weighted by molar-refractivity contribution is -0.143. The number of hydrogen-bond donors (Lipinski definition) is 2. The number of nitrogens with one attached hydrogen (secondary N) is 1. The van der Waals surface area contributed by atoms with Crippen LogP contribution in [0.2, 0.25) is 0 Å². The molecule has 2 atom stereocenters. The molecule has 2 aromatic rings. The predicted molar refractivity (Wildman–Crippen MR) is 90.9 cm³/mol. The van der Waals surface area contributed by atoms with Crippen LogP contribution in [0.1, 0.15) is 29.7 Å². The van der Waals surface area contributed by atoms with Gasteiger partial charge in [-0.05, 0) is 49.6 Å². The smallest absolute Gasteiger partial charge is 0.330 e. The largest absolute Gasteiger partial charge is 0.479 e. The van der Waals surface area contributed by atoms with E-state index >= 15 is 0 Å². The lowest BCUT2D eigenvalue weighted by Crippen LogP contribution is -2.41. The van der Waals surface area contributed by atoms with E-state index in [2.05, 4.69) is 5.32 Å². The molecule has 0 aliphatic carbocycles. The summed E-state index contributed by atoms with van der Waals surface area (Å²) in [5, 5.41) is 11.9. The Labute approximate surface area is 145 Å². The van der Waals surface area contributed by atoms with E-state index in [-0.39, 0.29) is 5.75 Å². The topological polar surface area (TPSA) is 75.6 Å². The highest BCUT2D eigenvalue weighted by atomic mass is 19.1. The quantitative estimate of drug-likeness (QED) is 0.843. The number of ether oxygens (including phenoxy) is 1. The predicted octanol–water partition coefficient (Wildman–Crippen LogP) is 3.15. The van der Waals surface area contributed by atoms with E-state index in [1.54, 1.807) is 25.1 Å². The molecule has 0 aliphatic rings. The molecular weight excluding hydrogens is 325 g/mol. The monoisotopic (exact) mass is 345 g/mol. The van der Waals surface area contributed by atoms with Crippen molar-refractivity contribution < 1.29 is 23.8 Å². The minimum atomic E-state index is -1.21. The van der Waals surface area contributed by atoms with Crippen LogP contribution >= 0.6 is 0 Å². The number of carboxylic acids is 1. The van der Waals surface area contributed by atoms with E-state index in [9.17, 15) is 19.1 Å². The second kappa shape index (κ2) is 7.79. The zero-order valence-corrected chi connectivity index (χ0v) is 14.2. The molecule has 1 amide bonds. The lowest BCUT2D eigenvalue weighted by Gasteiger charge is -2.21. The number of carbonyl (C=O) groups excluding carboxylic acids is 1. The number of carbonyl (C=O) groups is 2. The Hall–Kier alpha value is -2.89. The Balaban J connectivity index is 2.16. The zero-order valence-electron chi connectivity index (χ0n) is 14.2. The van der Waals surface area contributed by atoms with Gasteiger partial charge in [-0.1, -0.05) is 30.3 Å². The molecule has 132 valence electrons. The molecule has 0 radical (unpaired) electrons. The van der Waals surface area contributed by atoms with Crippen LogP contribution in [0.4, 0.5) is 4.39 Å². The number of rotatable bonds is 6. The van der Waals surface area contributed by atoms with Crippen LogP contribution in [0.3, 0.4) is 0 Å². The maximum atomic E-state index is 13.6. The second-order valence-corrected chi connectivity index (χ2v) is 5.76. The molecule has 0 saturated heterocycles. The first-order valence-corrected chi connectivity index (χ1v) is 7.81. The Kier molecular flexibility index (Phi) is 5.75. The number of aryl methyl sites for hydroxylation is 1.